The second-order valence-corrected chi connectivity index (χ2v) is 7.54. The molecule has 0 spiro atoms. The third kappa shape index (κ3) is 4.09. The van der Waals surface area contributed by atoms with Crippen molar-refractivity contribution in [2.45, 2.75) is 6.04 Å². The first kappa shape index (κ1) is 21.9. The van der Waals surface area contributed by atoms with Crippen LogP contribution < -0.4 is 9.47 Å². The largest absolute Gasteiger partial charge is 0.503 e. The summed E-state index contributed by atoms with van der Waals surface area (Å²) in [4.78, 5) is 30.0. The fraction of sp³-hybridized carbons (Fsp3) is 0.391. The zero-order chi connectivity index (χ0) is 22.7. The Balaban J connectivity index is 1.71. The first-order valence-corrected chi connectivity index (χ1v) is 10.4. The van der Waals surface area contributed by atoms with Crippen LogP contribution in [0.1, 0.15) is 22.2 Å². The fourth-order valence-corrected chi connectivity index (χ4v) is 4.10. The molecule has 0 radical (unpaired) electrons. The summed E-state index contributed by atoms with van der Waals surface area (Å²) in [5.74, 6) is -0.648. The number of aliphatic hydroxyl groups is 1. The molecular weight excluding hydrogens is 416 g/mol. The summed E-state index contributed by atoms with van der Waals surface area (Å²) in [5, 5.41) is 10.7. The van der Waals surface area contributed by atoms with Gasteiger partial charge in [0.05, 0.1) is 45.3 Å². The van der Waals surface area contributed by atoms with Gasteiger partial charge in [0.1, 0.15) is 0 Å². The monoisotopic (exact) mass is 442 g/mol. The van der Waals surface area contributed by atoms with Crippen molar-refractivity contribution in [3.8, 4) is 11.5 Å². The van der Waals surface area contributed by atoms with Crippen molar-refractivity contribution in [2.24, 2.45) is 0 Å². The standard InChI is InChI=1S/C23H26N2O7/c1-29-16-6-5-15(14-18(16)30-2)20-19(21(26)17-4-3-11-32-17)22(27)23(28)25(20)8-7-24-9-12-31-13-10-24/h3-6,11,14,20,27H,7-10,12-13H2,1-2H3/t20-/m1/s1. The van der Waals surface area contributed by atoms with Crippen molar-refractivity contribution in [2.75, 3.05) is 53.6 Å². The number of nitrogens with zero attached hydrogens (tertiary/aromatic N) is 2. The highest BCUT2D eigenvalue weighted by molar-refractivity contribution is 6.15. The SMILES string of the molecule is COc1ccc([C@@H]2C(C(=O)c3ccco3)=C(O)C(=O)N2CCN2CCOCC2)cc1OC. The molecular formula is C23H26N2O7. The van der Waals surface area contributed by atoms with Gasteiger partial charge < -0.3 is 28.6 Å². The highest BCUT2D eigenvalue weighted by Crippen LogP contribution is 2.41. The van der Waals surface area contributed by atoms with E-state index in [4.69, 9.17) is 18.6 Å². The molecule has 1 aromatic heterocycles. The summed E-state index contributed by atoms with van der Waals surface area (Å²) in [6, 6.07) is 7.49. The van der Waals surface area contributed by atoms with E-state index < -0.39 is 23.5 Å². The Hall–Kier alpha value is -3.30. The van der Waals surface area contributed by atoms with Gasteiger partial charge in [-0.1, -0.05) is 6.07 Å². The molecule has 0 bridgehead atoms. The highest BCUT2D eigenvalue weighted by atomic mass is 16.5. The van der Waals surface area contributed by atoms with Crippen molar-refractivity contribution in [3.05, 3.63) is 59.3 Å². The highest BCUT2D eigenvalue weighted by Gasteiger charge is 2.44. The van der Waals surface area contributed by atoms with E-state index in [-0.39, 0.29) is 11.3 Å². The minimum absolute atomic E-state index is 0.0147. The maximum Gasteiger partial charge on any atom is 0.290 e. The molecule has 0 aliphatic carbocycles. The average Bonchev–Trinajstić information content (AvgIpc) is 3.45. The molecule has 3 heterocycles. The molecule has 170 valence electrons. The van der Waals surface area contributed by atoms with E-state index in [1.807, 2.05) is 0 Å². The number of hydrogen-bond donors (Lipinski definition) is 1. The maximum atomic E-state index is 13.2. The lowest BCUT2D eigenvalue weighted by Crippen LogP contribution is -2.43. The van der Waals surface area contributed by atoms with E-state index in [9.17, 15) is 14.7 Å². The van der Waals surface area contributed by atoms with Crippen LogP contribution in [-0.4, -0.2) is 80.2 Å². The summed E-state index contributed by atoms with van der Waals surface area (Å²) in [6.45, 7) is 3.73. The number of carbonyl (C=O) groups is 2. The zero-order valence-corrected chi connectivity index (χ0v) is 18.1. The number of carbonyl (C=O) groups excluding carboxylic acids is 2. The summed E-state index contributed by atoms with van der Waals surface area (Å²) in [7, 11) is 3.04. The van der Waals surface area contributed by atoms with Gasteiger partial charge in [0.2, 0.25) is 5.78 Å². The third-order valence-electron chi connectivity index (χ3n) is 5.78. The van der Waals surface area contributed by atoms with E-state index >= 15 is 0 Å². The van der Waals surface area contributed by atoms with E-state index in [0.29, 0.717) is 43.4 Å². The smallest absolute Gasteiger partial charge is 0.290 e. The molecule has 9 nitrogen and oxygen atoms in total. The molecule has 0 unspecified atom stereocenters. The average molecular weight is 442 g/mol. The van der Waals surface area contributed by atoms with Crippen LogP contribution in [0.2, 0.25) is 0 Å². The van der Waals surface area contributed by atoms with Gasteiger partial charge in [0, 0.05) is 26.2 Å². The molecule has 4 rings (SSSR count). The molecule has 1 saturated heterocycles. The number of Topliss-reactive ketones (excluding diaryl/α,β-unsaturated/α-hetero) is 1. The van der Waals surface area contributed by atoms with Crippen LogP contribution in [-0.2, 0) is 9.53 Å². The first-order chi connectivity index (χ1) is 15.5. The number of methoxy groups -OCH3 is 2. The van der Waals surface area contributed by atoms with Gasteiger partial charge in [-0.25, -0.2) is 0 Å². The lowest BCUT2D eigenvalue weighted by molar-refractivity contribution is -0.129. The predicted octanol–water partition coefficient (Wildman–Crippen LogP) is 2.21. The van der Waals surface area contributed by atoms with Gasteiger partial charge in [0.15, 0.2) is 23.0 Å². The Morgan fingerprint density at radius 3 is 2.53 bits per heavy atom. The summed E-state index contributed by atoms with van der Waals surface area (Å²) < 4.78 is 21.4. The molecule has 1 amide bonds. The van der Waals surface area contributed by atoms with Crippen LogP contribution in [0.5, 0.6) is 11.5 Å². The minimum Gasteiger partial charge on any atom is -0.503 e. The van der Waals surface area contributed by atoms with Gasteiger partial charge in [-0.05, 0) is 29.8 Å². The number of morpholine rings is 1. The number of furan rings is 1. The van der Waals surface area contributed by atoms with Crippen molar-refractivity contribution < 1.29 is 33.3 Å². The number of rotatable bonds is 8. The zero-order valence-electron chi connectivity index (χ0n) is 18.1. The van der Waals surface area contributed by atoms with E-state index in [0.717, 1.165) is 13.1 Å². The molecule has 1 aromatic carbocycles. The van der Waals surface area contributed by atoms with Gasteiger partial charge >= 0.3 is 0 Å². The summed E-state index contributed by atoms with van der Waals surface area (Å²) in [5.41, 5.74) is 0.607. The second kappa shape index (κ2) is 9.46. The lowest BCUT2D eigenvalue weighted by Gasteiger charge is -2.31. The third-order valence-corrected chi connectivity index (χ3v) is 5.78. The number of hydrogen-bond acceptors (Lipinski definition) is 8. The Morgan fingerprint density at radius 1 is 1.12 bits per heavy atom. The lowest BCUT2D eigenvalue weighted by atomic mass is 9.94. The number of amides is 1. The second-order valence-electron chi connectivity index (χ2n) is 7.54. The number of benzene rings is 1. The Bertz CT molecular complexity index is 1010. The molecule has 32 heavy (non-hydrogen) atoms. The molecule has 2 aliphatic heterocycles. The molecule has 9 heteroatoms. The molecule has 1 N–H and O–H groups in total. The van der Waals surface area contributed by atoms with E-state index in [1.165, 1.54) is 31.4 Å². The van der Waals surface area contributed by atoms with Gasteiger partial charge in [0.25, 0.3) is 5.91 Å². The fourth-order valence-electron chi connectivity index (χ4n) is 4.10. The summed E-state index contributed by atoms with van der Waals surface area (Å²) in [6.07, 6.45) is 1.38. The maximum absolute atomic E-state index is 13.2. The Morgan fingerprint density at radius 2 is 1.88 bits per heavy atom. The van der Waals surface area contributed by atoms with Crippen LogP contribution >= 0.6 is 0 Å². The molecule has 1 fully saturated rings. The Kier molecular flexibility index (Phi) is 6.48. The Labute approximate surface area is 185 Å². The molecule has 2 aromatic rings. The van der Waals surface area contributed by atoms with Crippen molar-refractivity contribution in [3.63, 3.8) is 0 Å². The van der Waals surface area contributed by atoms with Crippen LogP contribution in [0.25, 0.3) is 0 Å². The number of ketones is 1. The van der Waals surface area contributed by atoms with E-state index in [2.05, 4.69) is 4.90 Å². The molecule has 0 saturated carbocycles. The van der Waals surface area contributed by atoms with Gasteiger partial charge in [-0.15, -0.1) is 0 Å². The van der Waals surface area contributed by atoms with Crippen LogP contribution in [0.4, 0.5) is 0 Å². The quantitative estimate of drug-likeness (QED) is 0.621. The summed E-state index contributed by atoms with van der Waals surface area (Å²) >= 11 is 0. The topological polar surface area (TPSA) is 102 Å². The van der Waals surface area contributed by atoms with Crippen molar-refractivity contribution >= 4 is 11.7 Å². The molecule has 2 aliphatic rings. The number of ether oxygens (including phenoxy) is 3. The van der Waals surface area contributed by atoms with Gasteiger partial charge in [-0.3, -0.25) is 14.5 Å². The van der Waals surface area contributed by atoms with E-state index in [1.54, 1.807) is 24.3 Å². The minimum atomic E-state index is -0.791. The molecule has 1 atom stereocenters. The van der Waals surface area contributed by atoms with Crippen LogP contribution in [0.3, 0.4) is 0 Å². The van der Waals surface area contributed by atoms with Crippen molar-refractivity contribution in [1.82, 2.24) is 9.80 Å². The van der Waals surface area contributed by atoms with Crippen LogP contribution in [0.15, 0.2) is 52.3 Å². The predicted molar refractivity (Wildman–Crippen MR) is 114 cm³/mol. The van der Waals surface area contributed by atoms with Crippen molar-refractivity contribution in [1.29, 1.82) is 0 Å². The van der Waals surface area contributed by atoms with Gasteiger partial charge in [-0.2, -0.15) is 0 Å². The number of aliphatic hydroxyl groups excluding tert-OH is 1. The van der Waals surface area contributed by atoms with Crippen LogP contribution in [0, 0.1) is 0 Å². The first-order valence-electron chi connectivity index (χ1n) is 10.4. The normalized spacial score (nSPS) is 19.5.